The molecular formula is C26H22N6O4. The number of hydrogen-bond donors (Lipinski definition) is 2. The minimum atomic E-state index is -0.662. The zero-order valence-corrected chi connectivity index (χ0v) is 19.5. The number of ether oxygens (including phenoxy) is 1. The van der Waals surface area contributed by atoms with Crippen LogP contribution < -0.4 is 15.4 Å². The van der Waals surface area contributed by atoms with Crippen LogP contribution in [0.1, 0.15) is 18.5 Å². The number of benzene rings is 3. The van der Waals surface area contributed by atoms with Gasteiger partial charge in [-0.15, -0.1) is 5.10 Å². The number of carbonyl (C=O) groups is 1. The fraction of sp³-hybridized carbons (Fsp3) is 0.115. The second-order valence-electron chi connectivity index (χ2n) is 8.17. The van der Waals surface area contributed by atoms with E-state index in [2.05, 4.69) is 15.6 Å². The molecular weight excluding hydrogens is 460 g/mol. The van der Waals surface area contributed by atoms with Gasteiger partial charge >= 0.3 is 0 Å². The number of aromatic nitrogens is 3. The zero-order chi connectivity index (χ0) is 25.2. The highest BCUT2D eigenvalue weighted by molar-refractivity contribution is 6.06. The van der Waals surface area contributed by atoms with E-state index in [9.17, 15) is 14.9 Å². The lowest BCUT2D eigenvalue weighted by Crippen LogP contribution is -2.31. The van der Waals surface area contributed by atoms with Gasteiger partial charge in [-0.2, -0.15) is 4.98 Å². The lowest BCUT2D eigenvalue weighted by atomic mass is 9.95. The average molecular weight is 483 g/mol. The molecule has 10 nitrogen and oxygen atoms in total. The predicted octanol–water partition coefficient (Wildman–Crippen LogP) is 4.79. The van der Waals surface area contributed by atoms with Crippen molar-refractivity contribution in [1.82, 2.24) is 14.8 Å². The number of nitro groups is 1. The van der Waals surface area contributed by atoms with Gasteiger partial charge in [0.05, 0.1) is 17.6 Å². The molecule has 2 N–H and O–H groups in total. The second kappa shape index (κ2) is 9.34. The van der Waals surface area contributed by atoms with Gasteiger partial charge in [0, 0.05) is 29.1 Å². The Labute approximate surface area is 206 Å². The van der Waals surface area contributed by atoms with Crippen LogP contribution in [0, 0.1) is 10.1 Å². The van der Waals surface area contributed by atoms with Gasteiger partial charge in [-0.25, -0.2) is 4.68 Å². The number of rotatable bonds is 6. The van der Waals surface area contributed by atoms with E-state index in [0.717, 1.165) is 5.56 Å². The molecule has 1 atom stereocenters. The van der Waals surface area contributed by atoms with E-state index in [0.29, 0.717) is 40.0 Å². The van der Waals surface area contributed by atoms with Gasteiger partial charge < -0.3 is 15.4 Å². The summed E-state index contributed by atoms with van der Waals surface area (Å²) in [5.74, 6) is 1.31. The zero-order valence-electron chi connectivity index (χ0n) is 19.5. The van der Waals surface area contributed by atoms with Crippen molar-refractivity contribution in [3.8, 4) is 17.1 Å². The monoisotopic (exact) mass is 482 g/mol. The van der Waals surface area contributed by atoms with E-state index in [1.165, 1.54) is 12.1 Å². The predicted molar refractivity (Wildman–Crippen MR) is 135 cm³/mol. The molecule has 1 aromatic heterocycles. The lowest BCUT2D eigenvalue weighted by Gasteiger charge is -2.28. The highest BCUT2D eigenvalue weighted by Crippen LogP contribution is 2.37. The molecule has 0 saturated carbocycles. The summed E-state index contributed by atoms with van der Waals surface area (Å²) in [4.78, 5) is 28.9. The SMILES string of the molecule is COc1ccc(-c2nc3n(n2)C(c2ccc([N+](=O)[O-])cc2)C(C(=O)Nc2ccccc2)=C(C)N3)cc1. The highest BCUT2D eigenvalue weighted by atomic mass is 16.6. The minimum absolute atomic E-state index is 0.0404. The average Bonchev–Trinajstić information content (AvgIpc) is 3.32. The van der Waals surface area contributed by atoms with E-state index in [4.69, 9.17) is 9.84 Å². The van der Waals surface area contributed by atoms with Crippen molar-refractivity contribution < 1.29 is 14.5 Å². The first kappa shape index (κ1) is 22.8. The third kappa shape index (κ3) is 4.27. The van der Waals surface area contributed by atoms with E-state index >= 15 is 0 Å². The molecule has 0 fully saturated rings. The molecule has 0 spiro atoms. The van der Waals surface area contributed by atoms with Gasteiger partial charge in [-0.05, 0) is 61.0 Å². The van der Waals surface area contributed by atoms with Crippen molar-refractivity contribution in [2.45, 2.75) is 13.0 Å². The highest BCUT2D eigenvalue weighted by Gasteiger charge is 2.34. The minimum Gasteiger partial charge on any atom is -0.497 e. The van der Waals surface area contributed by atoms with Crippen LogP contribution in [0.25, 0.3) is 11.4 Å². The smallest absolute Gasteiger partial charge is 0.269 e. The third-order valence-electron chi connectivity index (χ3n) is 5.90. The molecule has 180 valence electrons. The number of fused-ring (bicyclic) bond motifs is 1. The number of nitrogens with one attached hydrogen (secondary N) is 2. The third-order valence-corrected chi connectivity index (χ3v) is 5.90. The normalized spacial score (nSPS) is 14.6. The topological polar surface area (TPSA) is 124 Å². The van der Waals surface area contributed by atoms with Crippen molar-refractivity contribution in [2.75, 3.05) is 17.7 Å². The van der Waals surface area contributed by atoms with E-state index in [-0.39, 0.29) is 11.6 Å². The van der Waals surface area contributed by atoms with Crippen molar-refractivity contribution in [2.24, 2.45) is 0 Å². The van der Waals surface area contributed by atoms with Gasteiger partial charge in [-0.3, -0.25) is 14.9 Å². The number of carbonyl (C=O) groups excluding carboxylic acids is 1. The number of allylic oxidation sites excluding steroid dienone is 1. The second-order valence-corrected chi connectivity index (χ2v) is 8.17. The van der Waals surface area contributed by atoms with Crippen LogP contribution in [-0.2, 0) is 4.79 Å². The maximum absolute atomic E-state index is 13.5. The molecule has 1 aliphatic heterocycles. The molecule has 1 aliphatic rings. The number of non-ortho nitro benzene ring substituents is 1. The van der Waals surface area contributed by atoms with Crippen molar-refractivity contribution in [1.29, 1.82) is 0 Å². The first-order chi connectivity index (χ1) is 17.4. The van der Waals surface area contributed by atoms with Crippen LogP contribution >= 0.6 is 0 Å². The summed E-state index contributed by atoms with van der Waals surface area (Å²) in [7, 11) is 1.60. The van der Waals surface area contributed by atoms with Gasteiger partial charge in [0.2, 0.25) is 5.95 Å². The van der Waals surface area contributed by atoms with Crippen molar-refractivity contribution in [3.05, 3.63) is 106 Å². The van der Waals surface area contributed by atoms with E-state index < -0.39 is 11.0 Å². The number of anilines is 2. The van der Waals surface area contributed by atoms with Gasteiger partial charge in [0.15, 0.2) is 5.82 Å². The number of amides is 1. The Morgan fingerprint density at radius 1 is 1.06 bits per heavy atom. The summed E-state index contributed by atoms with van der Waals surface area (Å²) in [6, 6.07) is 21.9. The molecule has 0 saturated heterocycles. The molecule has 0 radical (unpaired) electrons. The van der Waals surface area contributed by atoms with Crippen molar-refractivity contribution in [3.63, 3.8) is 0 Å². The first-order valence-corrected chi connectivity index (χ1v) is 11.1. The Kier molecular flexibility index (Phi) is 5.91. The Hall–Kier alpha value is -4.99. The summed E-state index contributed by atoms with van der Waals surface area (Å²) in [6.45, 7) is 1.80. The quantitative estimate of drug-likeness (QED) is 0.299. The maximum atomic E-state index is 13.5. The standard InChI is InChI=1S/C26H22N6O4/c1-16-22(25(33)28-19-6-4-3-5-7-19)23(17-8-12-20(13-9-17)32(34)35)31-26(27-16)29-24(30-31)18-10-14-21(36-2)15-11-18/h3-15,23H,1-2H3,(H,28,33)(H,27,29,30). The molecule has 36 heavy (non-hydrogen) atoms. The Morgan fingerprint density at radius 3 is 2.39 bits per heavy atom. The fourth-order valence-electron chi connectivity index (χ4n) is 4.11. The van der Waals surface area contributed by atoms with Crippen LogP contribution in [0.4, 0.5) is 17.3 Å². The number of hydrogen-bond acceptors (Lipinski definition) is 7. The van der Waals surface area contributed by atoms with Gasteiger partial charge in [0.25, 0.3) is 11.6 Å². The van der Waals surface area contributed by atoms with Crippen molar-refractivity contribution >= 4 is 23.2 Å². The summed E-state index contributed by atoms with van der Waals surface area (Å²) < 4.78 is 6.87. The molecule has 0 aliphatic carbocycles. The summed E-state index contributed by atoms with van der Waals surface area (Å²) >= 11 is 0. The van der Waals surface area contributed by atoms with Crippen LogP contribution in [-0.4, -0.2) is 32.7 Å². The molecule has 10 heteroatoms. The number of methoxy groups -OCH3 is 1. The maximum Gasteiger partial charge on any atom is 0.269 e. The molecule has 5 rings (SSSR count). The Balaban J connectivity index is 1.59. The molecule has 1 amide bonds. The molecule has 0 bridgehead atoms. The Morgan fingerprint density at radius 2 is 1.75 bits per heavy atom. The number of nitrogens with zero attached hydrogens (tertiary/aromatic N) is 4. The molecule has 4 aromatic rings. The fourth-order valence-corrected chi connectivity index (χ4v) is 4.11. The van der Waals surface area contributed by atoms with Gasteiger partial charge in [-0.1, -0.05) is 18.2 Å². The van der Waals surface area contributed by atoms with E-state index in [1.54, 1.807) is 43.0 Å². The number of para-hydroxylation sites is 1. The summed E-state index contributed by atoms with van der Waals surface area (Å²) in [5.41, 5.74) is 3.07. The van der Waals surface area contributed by atoms with Crippen LogP contribution in [0.5, 0.6) is 5.75 Å². The lowest BCUT2D eigenvalue weighted by molar-refractivity contribution is -0.384. The molecule has 3 aromatic carbocycles. The van der Waals surface area contributed by atoms with Gasteiger partial charge in [0.1, 0.15) is 11.8 Å². The largest absolute Gasteiger partial charge is 0.497 e. The molecule has 1 unspecified atom stereocenters. The van der Waals surface area contributed by atoms with Crippen LogP contribution in [0.15, 0.2) is 90.1 Å². The molecule has 2 heterocycles. The first-order valence-electron chi connectivity index (χ1n) is 11.1. The van der Waals surface area contributed by atoms with Crippen LogP contribution in [0.3, 0.4) is 0 Å². The number of nitro benzene ring substituents is 1. The summed E-state index contributed by atoms with van der Waals surface area (Å²) in [5, 5.41) is 22.1. The Bertz CT molecular complexity index is 1460. The van der Waals surface area contributed by atoms with Crippen LogP contribution in [0.2, 0.25) is 0 Å². The summed E-state index contributed by atoms with van der Waals surface area (Å²) in [6.07, 6.45) is 0. The van der Waals surface area contributed by atoms with E-state index in [1.807, 2.05) is 42.5 Å².